The second kappa shape index (κ2) is 5.58. The fourth-order valence-corrected chi connectivity index (χ4v) is 1.75. The standard InChI is InChI=1S/C10H22N2O/c1-9(13-3)7-11-10-5-4-6-12(2)8-10/h9-11H,4-8H2,1-3H3. The first-order valence-electron chi connectivity index (χ1n) is 5.17. The molecular weight excluding hydrogens is 164 g/mol. The van der Waals surface area contributed by atoms with Gasteiger partial charge in [-0.05, 0) is 33.4 Å². The smallest absolute Gasteiger partial charge is 0.0667 e. The van der Waals surface area contributed by atoms with Crippen LogP contribution in [0, 0.1) is 0 Å². The molecule has 0 radical (unpaired) electrons. The lowest BCUT2D eigenvalue weighted by Gasteiger charge is -2.30. The molecule has 1 fully saturated rings. The van der Waals surface area contributed by atoms with Crippen molar-refractivity contribution in [2.24, 2.45) is 0 Å². The quantitative estimate of drug-likeness (QED) is 0.699. The molecular formula is C10H22N2O. The molecule has 0 saturated carbocycles. The van der Waals surface area contributed by atoms with Crippen LogP contribution in [0.15, 0.2) is 0 Å². The van der Waals surface area contributed by atoms with Crippen LogP contribution in [0.2, 0.25) is 0 Å². The van der Waals surface area contributed by atoms with Crippen molar-refractivity contribution in [3.8, 4) is 0 Å². The zero-order valence-electron chi connectivity index (χ0n) is 9.05. The molecule has 78 valence electrons. The van der Waals surface area contributed by atoms with E-state index in [1.54, 1.807) is 7.11 Å². The van der Waals surface area contributed by atoms with Crippen molar-refractivity contribution in [1.29, 1.82) is 0 Å². The topological polar surface area (TPSA) is 24.5 Å². The Bertz CT molecular complexity index is 141. The molecule has 0 amide bonds. The van der Waals surface area contributed by atoms with Crippen LogP contribution >= 0.6 is 0 Å². The minimum atomic E-state index is 0.326. The van der Waals surface area contributed by atoms with Crippen molar-refractivity contribution < 1.29 is 4.74 Å². The van der Waals surface area contributed by atoms with E-state index in [4.69, 9.17) is 4.74 Å². The maximum atomic E-state index is 5.19. The Morgan fingerprint density at radius 2 is 2.38 bits per heavy atom. The molecule has 13 heavy (non-hydrogen) atoms. The molecule has 0 spiro atoms. The summed E-state index contributed by atoms with van der Waals surface area (Å²) in [7, 11) is 3.95. The molecule has 3 heteroatoms. The maximum absolute atomic E-state index is 5.19. The minimum Gasteiger partial charge on any atom is -0.380 e. The van der Waals surface area contributed by atoms with Crippen molar-refractivity contribution in [3.05, 3.63) is 0 Å². The summed E-state index contributed by atoms with van der Waals surface area (Å²) >= 11 is 0. The Labute approximate surface area is 81.4 Å². The molecule has 0 bridgehead atoms. The first-order valence-corrected chi connectivity index (χ1v) is 5.17. The van der Waals surface area contributed by atoms with E-state index in [0.29, 0.717) is 12.1 Å². The molecule has 2 unspecified atom stereocenters. The lowest BCUT2D eigenvalue weighted by Crippen LogP contribution is -2.46. The van der Waals surface area contributed by atoms with E-state index in [9.17, 15) is 0 Å². The van der Waals surface area contributed by atoms with E-state index in [2.05, 4.69) is 24.2 Å². The highest BCUT2D eigenvalue weighted by Gasteiger charge is 2.16. The normalized spacial score (nSPS) is 27.5. The molecule has 1 heterocycles. The predicted molar refractivity (Wildman–Crippen MR) is 55.0 cm³/mol. The van der Waals surface area contributed by atoms with Gasteiger partial charge in [-0.25, -0.2) is 0 Å². The summed E-state index contributed by atoms with van der Waals surface area (Å²) in [6.45, 7) is 5.49. The van der Waals surface area contributed by atoms with Gasteiger partial charge in [0.15, 0.2) is 0 Å². The highest BCUT2D eigenvalue weighted by Crippen LogP contribution is 2.07. The first-order chi connectivity index (χ1) is 6.22. The van der Waals surface area contributed by atoms with Gasteiger partial charge in [-0.15, -0.1) is 0 Å². The van der Waals surface area contributed by atoms with Crippen LogP contribution in [0.25, 0.3) is 0 Å². The lowest BCUT2D eigenvalue weighted by molar-refractivity contribution is 0.109. The largest absolute Gasteiger partial charge is 0.380 e. The van der Waals surface area contributed by atoms with Crippen molar-refractivity contribution in [2.45, 2.75) is 31.9 Å². The number of likely N-dealkylation sites (N-methyl/N-ethyl adjacent to an activating group) is 1. The van der Waals surface area contributed by atoms with Gasteiger partial charge in [0.05, 0.1) is 6.10 Å². The van der Waals surface area contributed by atoms with Gasteiger partial charge in [-0.1, -0.05) is 0 Å². The summed E-state index contributed by atoms with van der Waals surface area (Å²) in [6.07, 6.45) is 2.95. The molecule has 1 rings (SSSR count). The molecule has 1 aliphatic rings. The third-order valence-electron chi connectivity index (χ3n) is 2.72. The Morgan fingerprint density at radius 1 is 1.62 bits per heavy atom. The summed E-state index contributed by atoms with van der Waals surface area (Å²) in [6, 6.07) is 0.663. The van der Waals surface area contributed by atoms with Crippen LogP contribution in [0.5, 0.6) is 0 Å². The molecule has 1 saturated heterocycles. The first kappa shape index (κ1) is 11.0. The molecule has 1 N–H and O–H groups in total. The van der Waals surface area contributed by atoms with Gasteiger partial charge >= 0.3 is 0 Å². The van der Waals surface area contributed by atoms with Crippen LogP contribution in [-0.2, 0) is 4.74 Å². The Hall–Kier alpha value is -0.120. The van der Waals surface area contributed by atoms with Gasteiger partial charge in [0, 0.05) is 26.2 Å². The number of likely N-dealkylation sites (tertiary alicyclic amines) is 1. The molecule has 1 aliphatic heterocycles. The number of methoxy groups -OCH3 is 1. The average molecular weight is 186 g/mol. The van der Waals surface area contributed by atoms with E-state index >= 15 is 0 Å². The third-order valence-corrected chi connectivity index (χ3v) is 2.72. The molecule has 3 nitrogen and oxygen atoms in total. The summed E-state index contributed by atoms with van der Waals surface area (Å²) in [5.41, 5.74) is 0. The van der Waals surface area contributed by atoms with E-state index in [1.807, 2.05) is 0 Å². The van der Waals surface area contributed by atoms with E-state index < -0.39 is 0 Å². The highest BCUT2D eigenvalue weighted by atomic mass is 16.5. The predicted octanol–water partition coefficient (Wildman–Crippen LogP) is 0.705. The Balaban J connectivity index is 2.13. The second-order valence-electron chi connectivity index (χ2n) is 4.06. The molecule has 0 aromatic rings. The van der Waals surface area contributed by atoms with Crippen LogP contribution in [0.4, 0.5) is 0 Å². The number of rotatable bonds is 4. The van der Waals surface area contributed by atoms with Crippen molar-refractivity contribution in [1.82, 2.24) is 10.2 Å². The number of ether oxygens (including phenoxy) is 1. The Morgan fingerprint density at radius 3 is 3.00 bits per heavy atom. The molecule has 0 aliphatic carbocycles. The average Bonchev–Trinajstić information content (AvgIpc) is 2.14. The SMILES string of the molecule is COC(C)CNC1CCCN(C)C1. The molecule has 0 aromatic heterocycles. The van der Waals surface area contributed by atoms with Crippen LogP contribution < -0.4 is 5.32 Å². The van der Waals surface area contributed by atoms with Gasteiger partial charge in [0.1, 0.15) is 0 Å². The van der Waals surface area contributed by atoms with E-state index in [1.165, 1.54) is 25.9 Å². The fourth-order valence-electron chi connectivity index (χ4n) is 1.75. The summed E-state index contributed by atoms with van der Waals surface area (Å²) in [5.74, 6) is 0. The van der Waals surface area contributed by atoms with Crippen LogP contribution in [0.1, 0.15) is 19.8 Å². The fraction of sp³-hybridized carbons (Fsp3) is 1.00. The van der Waals surface area contributed by atoms with Crippen molar-refractivity contribution >= 4 is 0 Å². The van der Waals surface area contributed by atoms with Gasteiger partial charge in [0.25, 0.3) is 0 Å². The molecule has 0 aromatic carbocycles. The molecule has 2 atom stereocenters. The highest BCUT2D eigenvalue weighted by molar-refractivity contribution is 4.76. The second-order valence-corrected chi connectivity index (χ2v) is 4.06. The Kier molecular flexibility index (Phi) is 4.70. The number of piperidine rings is 1. The summed E-state index contributed by atoms with van der Waals surface area (Å²) < 4.78 is 5.19. The van der Waals surface area contributed by atoms with Gasteiger partial charge in [-0.2, -0.15) is 0 Å². The maximum Gasteiger partial charge on any atom is 0.0667 e. The van der Waals surface area contributed by atoms with Gasteiger partial charge in [0.2, 0.25) is 0 Å². The van der Waals surface area contributed by atoms with Gasteiger partial charge < -0.3 is 15.0 Å². The van der Waals surface area contributed by atoms with Gasteiger partial charge in [-0.3, -0.25) is 0 Å². The summed E-state index contributed by atoms with van der Waals surface area (Å²) in [5, 5.41) is 3.54. The minimum absolute atomic E-state index is 0.326. The van der Waals surface area contributed by atoms with E-state index in [0.717, 1.165) is 6.54 Å². The number of hydrogen-bond acceptors (Lipinski definition) is 3. The van der Waals surface area contributed by atoms with E-state index in [-0.39, 0.29) is 0 Å². The van der Waals surface area contributed by atoms with Crippen molar-refractivity contribution in [3.63, 3.8) is 0 Å². The third kappa shape index (κ3) is 4.07. The van der Waals surface area contributed by atoms with Crippen LogP contribution in [-0.4, -0.2) is 50.8 Å². The zero-order valence-corrected chi connectivity index (χ0v) is 9.05. The van der Waals surface area contributed by atoms with Crippen LogP contribution in [0.3, 0.4) is 0 Å². The monoisotopic (exact) mass is 186 g/mol. The number of nitrogens with zero attached hydrogens (tertiary/aromatic N) is 1. The lowest BCUT2D eigenvalue weighted by atomic mass is 10.1. The summed E-state index contributed by atoms with van der Waals surface area (Å²) in [4.78, 5) is 2.39. The zero-order chi connectivity index (χ0) is 9.68. The number of hydrogen-bond donors (Lipinski definition) is 1. The van der Waals surface area contributed by atoms with Crippen molar-refractivity contribution in [2.75, 3.05) is 33.8 Å². The number of nitrogens with one attached hydrogen (secondary N) is 1.